The van der Waals surface area contributed by atoms with Crippen molar-refractivity contribution in [1.82, 2.24) is 5.32 Å². The van der Waals surface area contributed by atoms with Crippen LogP contribution in [-0.2, 0) is 6.54 Å². The van der Waals surface area contributed by atoms with E-state index in [0.29, 0.717) is 18.5 Å². The molecule has 92 valence electrons. The molecule has 0 aliphatic carbocycles. The molecule has 0 saturated carbocycles. The van der Waals surface area contributed by atoms with E-state index in [9.17, 15) is 4.39 Å². The summed E-state index contributed by atoms with van der Waals surface area (Å²) >= 11 is 1.74. The van der Waals surface area contributed by atoms with Crippen LogP contribution in [0.1, 0.15) is 19.4 Å². The number of halogens is 1. The normalized spacial score (nSPS) is 26.9. The molecule has 17 heavy (non-hydrogen) atoms. The predicted octanol–water partition coefficient (Wildman–Crippen LogP) is 3.04. The van der Waals surface area contributed by atoms with E-state index in [1.165, 1.54) is 12.1 Å². The molecule has 0 radical (unpaired) electrons. The number of amidine groups is 1. The van der Waals surface area contributed by atoms with Crippen LogP contribution in [0.2, 0.25) is 0 Å². The summed E-state index contributed by atoms with van der Waals surface area (Å²) in [5, 5.41) is 4.34. The van der Waals surface area contributed by atoms with Gasteiger partial charge >= 0.3 is 0 Å². The van der Waals surface area contributed by atoms with E-state index in [1.807, 2.05) is 6.07 Å². The topological polar surface area (TPSA) is 24.4 Å². The minimum absolute atomic E-state index is 0.200. The van der Waals surface area contributed by atoms with Crippen LogP contribution in [0.4, 0.5) is 4.39 Å². The average molecular weight is 252 g/mol. The minimum Gasteiger partial charge on any atom is -0.362 e. The van der Waals surface area contributed by atoms with E-state index in [-0.39, 0.29) is 5.82 Å². The third-order valence-electron chi connectivity index (χ3n) is 2.98. The fourth-order valence-corrected chi connectivity index (χ4v) is 2.76. The van der Waals surface area contributed by atoms with Crippen molar-refractivity contribution in [1.29, 1.82) is 0 Å². The smallest absolute Gasteiger partial charge is 0.157 e. The molecule has 1 saturated heterocycles. The van der Waals surface area contributed by atoms with Crippen LogP contribution >= 0.6 is 11.8 Å². The maximum Gasteiger partial charge on any atom is 0.157 e. The van der Waals surface area contributed by atoms with Gasteiger partial charge in [0.15, 0.2) is 5.17 Å². The number of hydrogen-bond acceptors (Lipinski definition) is 2. The zero-order chi connectivity index (χ0) is 12.3. The molecule has 2 atom stereocenters. The lowest BCUT2D eigenvalue weighted by atomic mass is 10.1. The Hall–Kier alpha value is -1.03. The van der Waals surface area contributed by atoms with Crippen LogP contribution in [0.5, 0.6) is 0 Å². The minimum atomic E-state index is -0.200. The van der Waals surface area contributed by atoms with Gasteiger partial charge in [0.25, 0.3) is 0 Å². The van der Waals surface area contributed by atoms with Gasteiger partial charge < -0.3 is 5.32 Å². The van der Waals surface area contributed by atoms with E-state index < -0.39 is 0 Å². The summed E-state index contributed by atoms with van der Waals surface area (Å²) in [5.41, 5.74) is 0.908. The van der Waals surface area contributed by atoms with Crippen LogP contribution in [0.15, 0.2) is 29.3 Å². The Labute approximate surface area is 106 Å². The highest BCUT2D eigenvalue weighted by molar-refractivity contribution is 8.13. The van der Waals surface area contributed by atoms with Crippen molar-refractivity contribution in [3.8, 4) is 0 Å². The van der Waals surface area contributed by atoms with Crippen molar-refractivity contribution >= 4 is 16.9 Å². The highest BCUT2D eigenvalue weighted by atomic mass is 32.2. The van der Waals surface area contributed by atoms with Crippen molar-refractivity contribution in [3.63, 3.8) is 0 Å². The first-order valence-electron chi connectivity index (χ1n) is 5.83. The molecular weight excluding hydrogens is 235 g/mol. The molecule has 0 bridgehead atoms. The monoisotopic (exact) mass is 252 g/mol. The lowest BCUT2D eigenvalue weighted by Gasteiger charge is -2.28. The molecule has 1 heterocycles. The van der Waals surface area contributed by atoms with E-state index in [0.717, 1.165) is 16.5 Å². The second-order valence-electron chi connectivity index (χ2n) is 4.47. The zero-order valence-electron chi connectivity index (χ0n) is 10.1. The first kappa shape index (κ1) is 12.4. The summed E-state index contributed by atoms with van der Waals surface area (Å²) in [6, 6.07) is 7.06. The maximum absolute atomic E-state index is 13.0. The first-order chi connectivity index (χ1) is 8.15. The number of nitrogens with one attached hydrogen (secondary N) is 1. The molecule has 1 fully saturated rings. The van der Waals surface area contributed by atoms with Gasteiger partial charge in [-0.2, -0.15) is 0 Å². The van der Waals surface area contributed by atoms with E-state index >= 15 is 0 Å². The van der Waals surface area contributed by atoms with Gasteiger partial charge in [0.05, 0.1) is 6.54 Å². The van der Waals surface area contributed by atoms with E-state index in [2.05, 4.69) is 24.2 Å². The van der Waals surface area contributed by atoms with Gasteiger partial charge in [-0.15, -0.1) is 0 Å². The van der Waals surface area contributed by atoms with E-state index in [1.54, 1.807) is 17.8 Å². The highest BCUT2D eigenvalue weighted by Gasteiger charge is 2.20. The molecule has 0 spiro atoms. The third-order valence-corrected chi connectivity index (χ3v) is 4.19. The van der Waals surface area contributed by atoms with Gasteiger partial charge in [-0.05, 0) is 30.5 Å². The first-order valence-corrected chi connectivity index (χ1v) is 6.82. The summed E-state index contributed by atoms with van der Waals surface area (Å²) in [6.45, 7) is 4.93. The predicted molar refractivity (Wildman–Crippen MR) is 71.8 cm³/mol. The van der Waals surface area contributed by atoms with Crippen molar-refractivity contribution < 1.29 is 4.39 Å². The zero-order valence-corrected chi connectivity index (χ0v) is 10.9. The third kappa shape index (κ3) is 3.46. The highest BCUT2D eigenvalue weighted by Crippen LogP contribution is 2.19. The molecule has 1 aliphatic heterocycles. The fourth-order valence-electron chi connectivity index (χ4n) is 1.62. The number of thioether (sulfide) groups is 1. The fraction of sp³-hybridized carbons (Fsp3) is 0.462. The van der Waals surface area contributed by atoms with Crippen LogP contribution < -0.4 is 5.32 Å². The van der Waals surface area contributed by atoms with Crippen molar-refractivity contribution in [2.75, 3.05) is 5.75 Å². The molecule has 1 aromatic rings. The summed E-state index contributed by atoms with van der Waals surface area (Å²) in [4.78, 5) is 4.48. The standard InChI is InChI=1S/C13H17FN2S/c1-9-8-17-13(16-10(9)2)15-7-11-4-3-5-12(14)6-11/h3-6,9-10H,7-8H2,1-2H3,(H,15,16). The van der Waals surface area contributed by atoms with Gasteiger partial charge in [-0.3, -0.25) is 4.99 Å². The van der Waals surface area contributed by atoms with Gasteiger partial charge in [-0.25, -0.2) is 4.39 Å². The van der Waals surface area contributed by atoms with Crippen LogP contribution in [-0.4, -0.2) is 17.0 Å². The van der Waals surface area contributed by atoms with Crippen molar-refractivity contribution in [2.24, 2.45) is 10.9 Å². The quantitative estimate of drug-likeness (QED) is 0.875. The Morgan fingerprint density at radius 3 is 3.00 bits per heavy atom. The molecular formula is C13H17FN2S. The summed E-state index contributed by atoms with van der Waals surface area (Å²) in [5.74, 6) is 1.55. The lowest BCUT2D eigenvalue weighted by Crippen LogP contribution is -2.41. The summed E-state index contributed by atoms with van der Waals surface area (Å²) in [6.07, 6.45) is 0. The molecule has 2 nitrogen and oxygen atoms in total. The average Bonchev–Trinajstić information content (AvgIpc) is 2.31. The number of benzene rings is 1. The second kappa shape index (κ2) is 5.54. The summed E-state index contributed by atoms with van der Waals surface area (Å²) in [7, 11) is 0. The van der Waals surface area contributed by atoms with Crippen molar-refractivity contribution in [3.05, 3.63) is 35.6 Å². The number of rotatable bonds is 2. The number of hydrogen-bond donors (Lipinski definition) is 1. The number of aliphatic imine (C=N–C) groups is 1. The molecule has 0 aromatic heterocycles. The Morgan fingerprint density at radius 2 is 2.29 bits per heavy atom. The summed E-state index contributed by atoms with van der Waals surface area (Å²) < 4.78 is 13.0. The Kier molecular flexibility index (Phi) is 4.05. The second-order valence-corrected chi connectivity index (χ2v) is 5.48. The molecule has 4 heteroatoms. The molecule has 1 aromatic carbocycles. The maximum atomic E-state index is 13.0. The number of nitrogens with zero attached hydrogens (tertiary/aromatic N) is 1. The molecule has 1 N–H and O–H groups in total. The van der Waals surface area contributed by atoms with E-state index in [4.69, 9.17) is 0 Å². The Morgan fingerprint density at radius 1 is 1.47 bits per heavy atom. The molecule has 0 amide bonds. The van der Waals surface area contributed by atoms with Crippen LogP contribution in [0, 0.1) is 11.7 Å². The lowest BCUT2D eigenvalue weighted by molar-refractivity contribution is 0.490. The van der Waals surface area contributed by atoms with Gasteiger partial charge in [0.2, 0.25) is 0 Å². The van der Waals surface area contributed by atoms with Gasteiger partial charge in [-0.1, -0.05) is 30.8 Å². The van der Waals surface area contributed by atoms with Crippen LogP contribution in [0.3, 0.4) is 0 Å². The van der Waals surface area contributed by atoms with Gasteiger partial charge in [0, 0.05) is 11.8 Å². The molecule has 2 unspecified atom stereocenters. The van der Waals surface area contributed by atoms with Crippen molar-refractivity contribution in [2.45, 2.75) is 26.4 Å². The SMILES string of the molecule is CC1CSC(=NCc2cccc(F)c2)NC1C. The van der Waals surface area contributed by atoms with Gasteiger partial charge in [0.1, 0.15) is 5.82 Å². The molecule has 2 rings (SSSR count). The largest absolute Gasteiger partial charge is 0.362 e. The molecule has 1 aliphatic rings. The Balaban J connectivity index is 1.97. The Bertz CT molecular complexity index is 420. The van der Waals surface area contributed by atoms with Crippen LogP contribution in [0.25, 0.3) is 0 Å².